The Morgan fingerprint density at radius 3 is 2.68 bits per heavy atom. The van der Waals surface area contributed by atoms with Crippen LogP contribution in [-0.2, 0) is 11.2 Å². The van der Waals surface area contributed by atoms with Crippen LogP contribution in [0.3, 0.4) is 0 Å². The van der Waals surface area contributed by atoms with Crippen LogP contribution in [-0.4, -0.2) is 62.3 Å². The minimum Gasteiger partial charge on any atom is -0.379 e. The molecule has 3 rings (SSSR count). The van der Waals surface area contributed by atoms with E-state index in [-0.39, 0.29) is 6.04 Å². The Kier molecular flexibility index (Phi) is 8.09. The average molecular weight is 422 g/mol. The standard InChI is InChI=1S/C20H28ClN5OS/c1-15-25-18(14-28-15)7-8-23-20(22-2)24-13-19(26-9-11-27-12-10-26)16-3-5-17(21)6-4-16/h3-6,14,19H,7-13H2,1-2H3,(H2,22,23,24). The number of rotatable bonds is 7. The van der Waals surface area contributed by atoms with Gasteiger partial charge in [0, 0.05) is 50.1 Å². The van der Waals surface area contributed by atoms with Gasteiger partial charge in [0.15, 0.2) is 5.96 Å². The minimum absolute atomic E-state index is 0.237. The third-order valence-corrected chi connectivity index (χ3v) is 5.84. The number of thiazole rings is 1. The van der Waals surface area contributed by atoms with Crippen molar-refractivity contribution < 1.29 is 4.74 Å². The normalized spacial score (nSPS) is 16.8. The number of nitrogens with zero attached hydrogens (tertiary/aromatic N) is 3. The molecule has 2 aromatic rings. The minimum atomic E-state index is 0.237. The van der Waals surface area contributed by atoms with Gasteiger partial charge >= 0.3 is 0 Å². The van der Waals surface area contributed by atoms with Gasteiger partial charge in [-0.2, -0.15) is 0 Å². The lowest BCUT2D eigenvalue weighted by Crippen LogP contribution is -2.46. The lowest BCUT2D eigenvalue weighted by Gasteiger charge is -2.35. The summed E-state index contributed by atoms with van der Waals surface area (Å²) in [7, 11) is 1.80. The number of benzene rings is 1. The molecule has 0 radical (unpaired) electrons. The van der Waals surface area contributed by atoms with Gasteiger partial charge in [-0.05, 0) is 24.6 Å². The molecule has 2 N–H and O–H groups in total. The number of halogens is 1. The molecule has 8 heteroatoms. The molecule has 0 saturated carbocycles. The molecule has 0 spiro atoms. The van der Waals surface area contributed by atoms with E-state index in [2.05, 4.69) is 43.0 Å². The zero-order valence-electron chi connectivity index (χ0n) is 16.4. The fourth-order valence-electron chi connectivity index (χ4n) is 3.28. The molecule has 1 fully saturated rings. The van der Waals surface area contributed by atoms with Crippen molar-refractivity contribution in [3.05, 3.63) is 50.9 Å². The average Bonchev–Trinajstić information content (AvgIpc) is 3.14. The molecule has 1 aliphatic rings. The van der Waals surface area contributed by atoms with Crippen molar-refractivity contribution in [1.82, 2.24) is 20.5 Å². The van der Waals surface area contributed by atoms with Gasteiger partial charge < -0.3 is 15.4 Å². The van der Waals surface area contributed by atoms with Gasteiger partial charge in [0.25, 0.3) is 0 Å². The molecule has 1 aliphatic heterocycles. The van der Waals surface area contributed by atoms with E-state index in [1.54, 1.807) is 18.4 Å². The number of aromatic nitrogens is 1. The summed E-state index contributed by atoms with van der Waals surface area (Å²) in [5, 5.41) is 10.8. The quantitative estimate of drug-likeness (QED) is 0.531. The maximum atomic E-state index is 6.08. The van der Waals surface area contributed by atoms with Crippen LogP contribution in [0, 0.1) is 6.92 Å². The number of morpholine rings is 1. The smallest absolute Gasteiger partial charge is 0.191 e. The third-order valence-electron chi connectivity index (χ3n) is 4.77. The Morgan fingerprint density at radius 1 is 1.29 bits per heavy atom. The van der Waals surface area contributed by atoms with Crippen LogP contribution >= 0.6 is 22.9 Å². The molecule has 1 unspecified atom stereocenters. The maximum absolute atomic E-state index is 6.08. The molecule has 2 heterocycles. The number of ether oxygens (including phenoxy) is 1. The molecule has 0 aliphatic carbocycles. The van der Waals surface area contributed by atoms with Gasteiger partial charge in [0.2, 0.25) is 0 Å². The van der Waals surface area contributed by atoms with E-state index in [0.717, 1.165) is 67.5 Å². The molecule has 152 valence electrons. The van der Waals surface area contributed by atoms with Crippen molar-refractivity contribution >= 4 is 28.9 Å². The summed E-state index contributed by atoms with van der Waals surface area (Å²) in [5.74, 6) is 0.805. The monoisotopic (exact) mass is 421 g/mol. The molecular weight excluding hydrogens is 394 g/mol. The largest absolute Gasteiger partial charge is 0.379 e. The fourth-order valence-corrected chi connectivity index (χ4v) is 4.05. The molecular formula is C20H28ClN5OS. The van der Waals surface area contributed by atoms with Crippen LogP contribution in [0.5, 0.6) is 0 Å². The summed E-state index contributed by atoms with van der Waals surface area (Å²) in [6, 6.07) is 8.34. The summed E-state index contributed by atoms with van der Waals surface area (Å²) in [5.41, 5.74) is 2.37. The van der Waals surface area contributed by atoms with Crippen molar-refractivity contribution in [2.24, 2.45) is 4.99 Å². The lowest BCUT2D eigenvalue weighted by molar-refractivity contribution is 0.0170. The van der Waals surface area contributed by atoms with Crippen LogP contribution in [0.15, 0.2) is 34.6 Å². The zero-order chi connectivity index (χ0) is 19.8. The second-order valence-corrected chi connectivity index (χ2v) is 8.20. The summed E-state index contributed by atoms with van der Waals surface area (Å²) < 4.78 is 5.52. The van der Waals surface area contributed by atoms with Crippen LogP contribution < -0.4 is 10.6 Å². The number of guanidine groups is 1. The number of aliphatic imine (C=N–C) groups is 1. The molecule has 1 aromatic heterocycles. The number of hydrogen-bond acceptors (Lipinski definition) is 5. The number of nitrogens with one attached hydrogen (secondary N) is 2. The first-order valence-electron chi connectivity index (χ1n) is 9.58. The topological polar surface area (TPSA) is 61.8 Å². The van der Waals surface area contributed by atoms with Gasteiger partial charge in [-0.1, -0.05) is 23.7 Å². The van der Waals surface area contributed by atoms with E-state index in [1.807, 2.05) is 19.1 Å². The number of aryl methyl sites for hydroxylation is 1. The highest BCUT2D eigenvalue weighted by molar-refractivity contribution is 7.09. The Balaban J connectivity index is 1.56. The summed E-state index contributed by atoms with van der Waals surface area (Å²) in [6.45, 7) is 6.97. The Labute approximate surface area is 176 Å². The fraction of sp³-hybridized carbons (Fsp3) is 0.500. The molecule has 0 amide bonds. The van der Waals surface area contributed by atoms with Crippen molar-refractivity contribution in [2.45, 2.75) is 19.4 Å². The van der Waals surface area contributed by atoms with E-state index in [9.17, 15) is 0 Å². The SMILES string of the molecule is CN=C(NCCc1csc(C)n1)NCC(c1ccc(Cl)cc1)N1CCOCC1. The van der Waals surface area contributed by atoms with E-state index in [1.165, 1.54) is 5.56 Å². The first kappa shape index (κ1) is 21.0. The Morgan fingerprint density at radius 2 is 2.04 bits per heavy atom. The van der Waals surface area contributed by atoms with Crippen molar-refractivity contribution in [2.75, 3.05) is 46.4 Å². The van der Waals surface area contributed by atoms with Gasteiger partial charge in [0.1, 0.15) is 0 Å². The first-order valence-corrected chi connectivity index (χ1v) is 10.8. The molecule has 1 aromatic carbocycles. The van der Waals surface area contributed by atoms with Crippen LogP contribution in [0.25, 0.3) is 0 Å². The van der Waals surface area contributed by atoms with Gasteiger partial charge in [-0.15, -0.1) is 11.3 Å². The van der Waals surface area contributed by atoms with E-state index >= 15 is 0 Å². The van der Waals surface area contributed by atoms with Crippen molar-refractivity contribution in [3.63, 3.8) is 0 Å². The molecule has 28 heavy (non-hydrogen) atoms. The highest BCUT2D eigenvalue weighted by Gasteiger charge is 2.22. The lowest BCUT2D eigenvalue weighted by atomic mass is 10.0. The first-order chi connectivity index (χ1) is 13.7. The van der Waals surface area contributed by atoms with E-state index < -0.39 is 0 Å². The second kappa shape index (κ2) is 10.8. The highest BCUT2D eigenvalue weighted by Crippen LogP contribution is 2.23. The predicted molar refractivity (Wildman–Crippen MR) is 117 cm³/mol. The van der Waals surface area contributed by atoms with E-state index in [4.69, 9.17) is 16.3 Å². The van der Waals surface area contributed by atoms with Gasteiger partial charge in [0.05, 0.1) is 30.0 Å². The predicted octanol–water partition coefficient (Wildman–Crippen LogP) is 2.89. The molecule has 1 saturated heterocycles. The third kappa shape index (κ3) is 6.17. The second-order valence-electron chi connectivity index (χ2n) is 6.70. The number of hydrogen-bond donors (Lipinski definition) is 2. The Hall–Kier alpha value is -1.67. The zero-order valence-corrected chi connectivity index (χ0v) is 18.0. The van der Waals surface area contributed by atoms with Crippen molar-refractivity contribution in [1.29, 1.82) is 0 Å². The molecule has 0 bridgehead atoms. The highest BCUT2D eigenvalue weighted by atomic mass is 35.5. The van der Waals surface area contributed by atoms with Crippen LogP contribution in [0.4, 0.5) is 0 Å². The van der Waals surface area contributed by atoms with Crippen molar-refractivity contribution in [3.8, 4) is 0 Å². The Bertz CT molecular complexity index is 758. The molecule has 6 nitrogen and oxygen atoms in total. The molecule has 1 atom stereocenters. The maximum Gasteiger partial charge on any atom is 0.191 e. The van der Waals surface area contributed by atoms with Crippen LogP contribution in [0.2, 0.25) is 5.02 Å². The van der Waals surface area contributed by atoms with Crippen LogP contribution in [0.1, 0.15) is 22.3 Å². The van der Waals surface area contributed by atoms with Gasteiger partial charge in [-0.25, -0.2) is 4.98 Å². The summed E-state index contributed by atoms with van der Waals surface area (Å²) in [6.07, 6.45) is 0.884. The van der Waals surface area contributed by atoms with E-state index in [0.29, 0.717) is 0 Å². The summed E-state index contributed by atoms with van der Waals surface area (Å²) >= 11 is 7.77. The summed E-state index contributed by atoms with van der Waals surface area (Å²) in [4.78, 5) is 11.3. The van der Waals surface area contributed by atoms with Gasteiger partial charge in [-0.3, -0.25) is 9.89 Å².